The van der Waals surface area contributed by atoms with Gasteiger partial charge < -0.3 is 4.74 Å². The zero-order chi connectivity index (χ0) is 17.3. The topological polar surface area (TPSA) is 26.3 Å². The minimum Gasteiger partial charge on any atom is -0.495 e. The van der Waals surface area contributed by atoms with Crippen LogP contribution in [0.1, 0.15) is 57.2 Å². The quantitative estimate of drug-likeness (QED) is 0.661. The summed E-state index contributed by atoms with van der Waals surface area (Å²) in [5.41, 5.74) is 4.35. The van der Waals surface area contributed by atoms with Crippen LogP contribution in [0.4, 0.5) is 0 Å². The average Bonchev–Trinajstić information content (AvgIpc) is 2.46. The largest absolute Gasteiger partial charge is 0.495 e. The average molecular weight is 302 g/mol. The maximum Gasteiger partial charge on any atom is 0.200 e. The van der Waals surface area contributed by atoms with Crippen molar-refractivity contribution in [2.24, 2.45) is 0 Å². The standard InChI is InChI=1S/C14H14O2.2C3H8/c1-8-5-6-11(9(2)7-8)12-13(15)10(3)14(12)16-4;2*1-3-2/h5-7H,3H2,1-2,4H3;2*3H2,1-2H3. The first-order valence-corrected chi connectivity index (χ1v) is 7.99. The molecule has 2 heteroatoms. The van der Waals surface area contributed by atoms with E-state index in [0.717, 1.165) is 11.1 Å². The van der Waals surface area contributed by atoms with Gasteiger partial charge in [0, 0.05) is 0 Å². The molecule has 0 saturated carbocycles. The Kier molecular flexibility index (Phi) is 9.16. The van der Waals surface area contributed by atoms with E-state index in [-0.39, 0.29) is 5.78 Å². The highest BCUT2D eigenvalue weighted by Crippen LogP contribution is 2.38. The number of ketones is 1. The fourth-order valence-electron chi connectivity index (χ4n) is 2.01. The lowest BCUT2D eigenvalue weighted by Crippen LogP contribution is -2.22. The Balaban J connectivity index is 0.000000639. The predicted molar refractivity (Wildman–Crippen MR) is 95.9 cm³/mol. The molecule has 0 atom stereocenters. The van der Waals surface area contributed by atoms with Crippen molar-refractivity contribution in [1.29, 1.82) is 0 Å². The molecule has 0 heterocycles. The maximum absolute atomic E-state index is 11.7. The van der Waals surface area contributed by atoms with E-state index in [1.807, 2.05) is 26.0 Å². The lowest BCUT2D eigenvalue weighted by atomic mass is 9.82. The van der Waals surface area contributed by atoms with Gasteiger partial charge >= 0.3 is 0 Å². The van der Waals surface area contributed by atoms with Crippen molar-refractivity contribution < 1.29 is 9.53 Å². The summed E-state index contributed by atoms with van der Waals surface area (Å²) in [5, 5.41) is 0. The smallest absolute Gasteiger partial charge is 0.200 e. The number of aryl methyl sites for hydroxylation is 2. The molecule has 0 radical (unpaired) electrons. The van der Waals surface area contributed by atoms with Gasteiger partial charge in [-0.3, -0.25) is 4.79 Å². The van der Waals surface area contributed by atoms with Crippen LogP contribution in [0.5, 0.6) is 0 Å². The molecule has 122 valence electrons. The molecule has 22 heavy (non-hydrogen) atoms. The second-order valence-corrected chi connectivity index (χ2v) is 5.45. The van der Waals surface area contributed by atoms with Gasteiger partial charge in [0.15, 0.2) is 0 Å². The highest BCUT2D eigenvalue weighted by atomic mass is 16.5. The molecule has 1 aliphatic carbocycles. The van der Waals surface area contributed by atoms with Gasteiger partial charge in [-0.25, -0.2) is 0 Å². The summed E-state index contributed by atoms with van der Waals surface area (Å²) in [4.78, 5) is 11.7. The summed E-state index contributed by atoms with van der Waals surface area (Å²) in [6.07, 6.45) is 2.50. The summed E-state index contributed by atoms with van der Waals surface area (Å²) in [6.45, 7) is 16.2. The number of hydrogen-bond acceptors (Lipinski definition) is 2. The lowest BCUT2D eigenvalue weighted by molar-refractivity contribution is -0.111. The van der Waals surface area contributed by atoms with Gasteiger partial charge in [0.25, 0.3) is 0 Å². The van der Waals surface area contributed by atoms with E-state index in [2.05, 4.69) is 40.3 Å². The molecule has 0 spiro atoms. The third kappa shape index (κ3) is 4.87. The number of carbonyl (C=O) groups excluding carboxylic acids is 1. The minimum absolute atomic E-state index is 0.0104. The lowest BCUT2D eigenvalue weighted by Gasteiger charge is -2.24. The number of carbonyl (C=O) groups is 1. The van der Waals surface area contributed by atoms with Gasteiger partial charge in [-0.1, -0.05) is 70.9 Å². The molecule has 0 N–H and O–H groups in total. The highest BCUT2D eigenvalue weighted by Gasteiger charge is 2.34. The molecule has 1 aromatic rings. The fraction of sp³-hybridized carbons (Fsp3) is 0.450. The third-order valence-electron chi connectivity index (χ3n) is 2.86. The molecule has 0 aromatic heterocycles. The zero-order valence-electron chi connectivity index (χ0n) is 15.2. The molecule has 0 fully saturated rings. The van der Waals surface area contributed by atoms with Crippen LogP contribution in [0.25, 0.3) is 5.57 Å². The van der Waals surface area contributed by atoms with Crippen molar-refractivity contribution >= 4 is 11.4 Å². The van der Waals surface area contributed by atoms with Crippen LogP contribution in [-0.4, -0.2) is 12.9 Å². The number of ether oxygens (including phenoxy) is 1. The first kappa shape index (κ1) is 20.2. The minimum atomic E-state index is -0.0104. The molecular formula is C20H30O2. The highest BCUT2D eigenvalue weighted by molar-refractivity contribution is 6.39. The van der Waals surface area contributed by atoms with Crippen molar-refractivity contribution in [2.75, 3.05) is 7.11 Å². The molecule has 1 aromatic carbocycles. The number of hydrogen-bond donors (Lipinski definition) is 0. The van der Waals surface area contributed by atoms with Crippen molar-refractivity contribution in [3.8, 4) is 0 Å². The van der Waals surface area contributed by atoms with Gasteiger partial charge in [0.1, 0.15) is 5.76 Å². The van der Waals surface area contributed by atoms with Gasteiger partial charge in [-0.2, -0.15) is 0 Å². The van der Waals surface area contributed by atoms with Crippen LogP contribution in [-0.2, 0) is 9.53 Å². The number of methoxy groups -OCH3 is 1. The molecule has 0 amide bonds. The van der Waals surface area contributed by atoms with Crippen molar-refractivity contribution in [1.82, 2.24) is 0 Å². The van der Waals surface area contributed by atoms with Crippen LogP contribution in [0.3, 0.4) is 0 Å². The van der Waals surface area contributed by atoms with Crippen LogP contribution >= 0.6 is 0 Å². The number of allylic oxidation sites excluding steroid dienone is 2. The van der Waals surface area contributed by atoms with Crippen LogP contribution < -0.4 is 0 Å². The Labute approximate surface area is 135 Å². The van der Waals surface area contributed by atoms with Crippen molar-refractivity contribution in [2.45, 2.75) is 54.4 Å². The van der Waals surface area contributed by atoms with Gasteiger partial charge in [0.05, 0.1) is 18.3 Å². The van der Waals surface area contributed by atoms with Crippen LogP contribution in [0.15, 0.2) is 36.1 Å². The molecule has 0 bridgehead atoms. The first-order valence-electron chi connectivity index (χ1n) is 7.99. The van der Waals surface area contributed by atoms with Crippen molar-refractivity contribution in [3.05, 3.63) is 52.8 Å². The first-order chi connectivity index (χ1) is 10.4. The molecule has 2 rings (SSSR count). The van der Waals surface area contributed by atoms with E-state index in [9.17, 15) is 4.79 Å². The van der Waals surface area contributed by atoms with E-state index in [0.29, 0.717) is 16.9 Å². The summed E-state index contributed by atoms with van der Waals surface area (Å²) in [6, 6.07) is 6.02. The Morgan fingerprint density at radius 3 is 1.95 bits per heavy atom. The fourth-order valence-corrected chi connectivity index (χ4v) is 2.01. The third-order valence-corrected chi connectivity index (χ3v) is 2.86. The molecular weight excluding hydrogens is 272 g/mol. The summed E-state index contributed by atoms with van der Waals surface area (Å²) >= 11 is 0. The SMILES string of the molecule is C=C1C(=O)C(c2ccc(C)cc2C)=C1OC.CCC.CCC. The van der Waals surface area contributed by atoms with E-state index in [4.69, 9.17) is 4.74 Å². The molecule has 0 aliphatic heterocycles. The van der Waals surface area contributed by atoms with Gasteiger partial charge in [-0.05, 0) is 25.0 Å². The van der Waals surface area contributed by atoms with Gasteiger partial charge in [0.2, 0.25) is 5.78 Å². The molecule has 2 nitrogen and oxygen atoms in total. The summed E-state index contributed by atoms with van der Waals surface area (Å²) < 4.78 is 5.18. The molecule has 0 saturated heterocycles. The van der Waals surface area contributed by atoms with E-state index >= 15 is 0 Å². The van der Waals surface area contributed by atoms with E-state index < -0.39 is 0 Å². The number of Topliss-reactive ketones (excluding diaryl/α,β-unsaturated/α-hetero) is 1. The zero-order valence-corrected chi connectivity index (χ0v) is 15.2. The van der Waals surface area contributed by atoms with E-state index in [1.165, 1.54) is 18.4 Å². The Bertz CT molecular complexity index is 549. The second-order valence-electron chi connectivity index (χ2n) is 5.45. The van der Waals surface area contributed by atoms with Gasteiger partial charge in [-0.15, -0.1) is 0 Å². The monoisotopic (exact) mass is 302 g/mol. The predicted octanol–water partition coefficient (Wildman–Crippen LogP) is 5.63. The Morgan fingerprint density at radius 1 is 1.05 bits per heavy atom. The Hall–Kier alpha value is -1.83. The van der Waals surface area contributed by atoms with E-state index in [1.54, 1.807) is 7.11 Å². The summed E-state index contributed by atoms with van der Waals surface area (Å²) in [7, 11) is 1.57. The van der Waals surface area contributed by atoms with Crippen LogP contribution in [0.2, 0.25) is 0 Å². The summed E-state index contributed by atoms with van der Waals surface area (Å²) in [5.74, 6) is 0.612. The van der Waals surface area contributed by atoms with Crippen LogP contribution in [0, 0.1) is 13.8 Å². The second kappa shape index (κ2) is 9.99. The molecule has 1 aliphatic rings. The molecule has 0 unspecified atom stereocenters. The maximum atomic E-state index is 11.7. The number of rotatable bonds is 2. The number of benzene rings is 1. The van der Waals surface area contributed by atoms with Crippen molar-refractivity contribution in [3.63, 3.8) is 0 Å². The normalized spacial score (nSPS) is 12.7. The Morgan fingerprint density at radius 2 is 1.55 bits per heavy atom.